The van der Waals surface area contributed by atoms with Gasteiger partial charge in [-0.05, 0) is 54.7 Å². The third-order valence-electron chi connectivity index (χ3n) is 6.61. The fourth-order valence-electron chi connectivity index (χ4n) is 5.15. The highest BCUT2D eigenvalue weighted by atomic mass is 35.5. The predicted octanol–water partition coefficient (Wildman–Crippen LogP) is 5.65. The Labute approximate surface area is 213 Å². The molecule has 0 unspecified atom stereocenters. The van der Waals surface area contributed by atoms with Crippen molar-refractivity contribution in [3.63, 3.8) is 0 Å². The average molecular weight is 530 g/mol. The second-order valence-electron chi connectivity index (χ2n) is 8.60. The summed E-state index contributed by atoms with van der Waals surface area (Å²) in [4.78, 5) is 44.5. The van der Waals surface area contributed by atoms with Crippen molar-refractivity contribution in [2.45, 2.75) is 10.8 Å². The van der Waals surface area contributed by atoms with E-state index in [1.165, 1.54) is 28.0 Å². The number of benzene rings is 2. The minimum absolute atomic E-state index is 0.0946. The van der Waals surface area contributed by atoms with Crippen LogP contribution in [-0.4, -0.2) is 28.5 Å². The molecule has 1 aromatic heterocycles. The number of nitrogens with one attached hydrogen (secondary N) is 1. The zero-order valence-corrected chi connectivity index (χ0v) is 20.7. The number of halogens is 2. The molecule has 2 aliphatic carbocycles. The number of rotatable bonds is 5. The number of thiazole rings is 1. The molecule has 1 N–H and O–H groups in total. The molecule has 3 amide bonds. The molecular formula is C24H17Cl2N3O3S2. The predicted molar refractivity (Wildman–Crippen MR) is 136 cm³/mol. The standard InChI is InChI=1S/C24H17Cl2N3O3S2/c25-13-3-5-16(15(26)8-13)27-19(30)10-33-24-28-17-6-4-14(9-18(17)34-24)29-22(31)20-11-1-2-12(7-11)21(20)23(29)32/h1-6,8-9,11-12,20-21H,7,10H2,(H,27,30)/t11-,12-,20-,21-/m0/s1. The molecule has 3 aromatic rings. The third-order valence-corrected chi connectivity index (χ3v) is 9.32. The van der Waals surface area contributed by atoms with Gasteiger partial charge in [0.25, 0.3) is 0 Å². The number of fused-ring (bicyclic) bond motifs is 6. The quantitative estimate of drug-likeness (QED) is 0.262. The van der Waals surface area contributed by atoms with Gasteiger partial charge in [-0.15, -0.1) is 11.3 Å². The van der Waals surface area contributed by atoms with Gasteiger partial charge < -0.3 is 5.32 Å². The van der Waals surface area contributed by atoms with Gasteiger partial charge in [0, 0.05) is 5.02 Å². The van der Waals surface area contributed by atoms with Crippen LogP contribution in [-0.2, 0) is 14.4 Å². The zero-order valence-electron chi connectivity index (χ0n) is 17.5. The lowest BCUT2D eigenvalue weighted by Gasteiger charge is -2.17. The number of carbonyl (C=O) groups excluding carboxylic acids is 3. The van der Waals surface area contributed by atoms with Crippen molar-refractivity contribution >= 4 is 85.6 Å². The number of allylic oxidation sites excluding steroid dienone is 2. The highest BCUT2D eigenvalue weighted by Crippen LogP contribution is 2.53. The Balaban J connectivity index is 1.16. The van der Waals surface area contributed by atoms with Crippen LogP contribution < -0.4 is 10.2 Å². The number of amides is 3. The fraction of sp³-hybridized carbons (Fsp3) is 0.250. The van der Waals surface area contributed by atoms with Crippen molar-refractivity contribution in [1.82, 2.24) is 4.98 Å². The summed E-state index contributed by atoms with van der Waals surface area (Å²) in [6, 6.07) is 10.3. The van der Waals surface area contributed by atoms with E-state index in [0.717, 1.165) is 21.0 Å². The van der Waals surface area contributed by atoms with Gasteiger partial charge in [0.05, 0.1) is 44.2 Å². The molecule has 10 heteroatoms. The van der Waals surface area contributed by atoms with E-state index < -0.39 is 0 Å². The molecule has 2 bridgehead atoms. The van der Waals surface area contributed by atoms with Gasteiger partial charge in [-0.2, -0.15) is 0 Å². The summed E-state index contributed by atoms with van der Waals surface area (Å²) in [5.41, 5.74) is 1.85. The Morgan fingerprint density at radius 3 is 2.53 bits per heavy atom. The van der Waals surface area contributed by atoms with E-state index in [2.05, 4.69) is 22.5 Å². The van der Waals surface area contributed by atoms with Crippen molar-refractivity contribution in [3.05, 3.63) is 58.6 Å². The summed E-state index contributed by atoms with van der Waals surface area (Å²) in [6.45, 7) is 0. The summed E-state index contributed by atoms with van der Waals surface area (Å²) in [5.74, 6) is -0.325. The number of nitrogens with zero attached hydrogens (tertiary/aromatic N) is 2. The first-order valence-corrected chi connectivity index (χ1v) is 13.3. The van der Waals surface area contributed by atoms with Crippen LogP contribution in [0.25, 0.3) is 10.2 Å². The number of hydrogen-bond donors (Lipinski definition) is 1. The van der Waals surface area contributed by atoms with Gasteiger partial charge in [0.1, 0.15) is 0 Å². The summed E-state index contributed by atoms with van der Waals surface area (Å²) < 4.78 is 1.59. The van der Waals surface area contributed by atoms with E-state index in [4.69, 9.17) is 23.2 Å². The van der Waals surface area contributed by atoms with Gasteiger partial charge in [0.15, 0.2) is 4.34 Å². The second kappa shape index (κ2) is 8.37. The van der Waals surface area contributed by atoms with Crippen LogP contribution in [0.5, 0.6) is 0 Å². The summed E-state index contributed by atoms with van der Waals surface area (Å²) in [6.07, 6.45) is 5.09. The third kappa shape index (κ3) is 3.64. The lowest BCUT2D eigenvalue weighted by Crippen LogP contribution is -2.32. The topological polar surface area (TPSA) is 79.4 Å². The zero-order chi connectivity index (χ0) is 23.6. The summed E-state index contributed by atoms with van der Waals surface area (Å²) in [5, 5.41) is 3.64. The largest absolute Gasteiger partial charge is 0.324 e. The Morgan fingerprint density at radius 1 is 1.09 bits per heavy atom. The molecule has 2 fully saturated rings. The number of anilines is 2. The summed E-state index contributed by atoms with van der Waals surface area (Å²) in [7, 11) is 0. The van der Waals surface area contributed by atoms with Crippen molar-refractivity contribution in [3.8, 4) is 0 Å². The van der Waals surface area contributed by atoms with Crippen LogP contribution in [0.3, 0.4) is 0 Å². The highest BCUT2D eigenvalue weighted by Gasteiger charge is 2.59. The van der Waals surface area contributed by atoms with Gasteiger partial charge in [-0.1, -0.05) is 47.1 Å². The van der Waals surface area contributed by atoms with Crippen LogP contribution in [0.1, 0.15) is 6.42 Å². The Morgan fingerprint density at radius 2 is 1.82 bits per heavy atom. The van der Waals surface area contributed by atoms with E-state index in [-0.39, 0.29) is 47.1 Å². The smallest absolute Gasteiger partial charge is 0.238 e. The Hall–Kier alpha value is -2.39. The van der Waals surface area contributed by atoms with Crippen LogP contribution in [0.2, 0.25) is 10.0 Å². The first-order chi connectivity index (χ1) is 16.4. The SMILES string of the molecule is O=C(CSc1nc2ccc(N3C(=O)[C@@H]4[C@@H](C3=O)[C@H]3C=C[C@H]4C3)cc2s1)Nc1ccc(Cl)cc1Cl. The van der Waals surface area contributed by atoms with E-state index >= 15 is 0 Å². The van der Waals surface area contributed by atoms with Gasteiger partial charge in [-0.25, -0.2) is 9.88 Å². The summed E-state index contributed by atoms with van der Waals surface area (Å²) >= 11 is 14.7. The number of aromatic nitrogens is 1. The van der Waals surface area contributed by atoms with E-state index in [1.54, 1.807) is 24.3 Å². The minimum atomic E-state index is -0.224. The monoisotopic (exact) mass is 529 g/mol. The Bertz CT molecular complexity index is 1380. The molecule has 172 valence electrons. The maximum Gasteiger partial charge on any atom is 0.238 e. The van der Waals surface area contributed by atoms with E-state index in [9.17, 15) is 14.4 Å². The molecular weight excluding hydrogens is 513 g/mol. The van der Waals surface area contributed by atoms with Crippen LogP contribution in [0.4, 0.5) is 11.4 Å². The second-order valence-corrected chi connectivity index (χ2v) is 11.7. The van der Waals surface area contributed by atoms with E-state index in [1.807, 2.05) is 12.1 Å². The molecule has 34 heavy (non-hydrogen) atoms. The maximum atomic E-state index is 13.1. The molecule has 0 radical (unpaired) electrons. The molecule has 0 spiro atoms. The number of hydrogen-bond acceptors (Lipinski definition) is 6. The van der Waals surface area contributed by atoms with Crippen molar-refractivity contribution in [2.75, 3.05) is 16.0 Å². The molecule has 1 saturated heterocycles. The average Bonchev–Trinajstić information content (AvgIpc) is 3.57. The first-order valence-electron chi connectivity index (χ1n) is 10.7. The molecule has 1 aliphatic heterocycles. The normalized spacial score (nSPS) is 24.9. The van der Waals surface area contributed by atoms with Crippen LogP contribution in [0.15, 0.2) is 52.9 Å². The van der Waals surface area contributed by atoms with Gasteiger partial charge >= 0.3 is 0 Å². The molecule has 2 heterocycles. The van der Waals surface area contributed by atoms with Gasteiger partial charge in [0.2, 0.25) is 17.7 Å². The fourth-order valence-corrected chi connectivity index (χ4v) is 7.51. The lowest BCUT2D eigenvalue weighted by atomic mass is 9.85. The lowest BCUT2D eigenvalue weighted by molar-refractivity contribution is -0.123. The molecule has 3 aliphatic rings. The molecule has 6 rings (SSSR count). The van der Waals surface area contributed by atoms with Crippen molar-refractivity contribution in [2.24, 2.45) is 23.7 Å². The maximum absolute atomic E-state index is 13.1. The van der Waals surface area contributed by atoms with E-state index in [0.29, 0.717) is 21.4 Å². The molecule has 4 atom stereocenters. The molecule has 1 saturated carbocycles. The number of thioether (sulfide) groups is 1. The Kier molecular flexibility index (Phi) is 5.44. The highest BCUT2D eigenvalue weighted by molar-refractivity contribution is 8.01. The van der Waals surface area contributed by atoms with Crippen molar-refractivity contribution in [1.29, 1.82) is 0 Å². The van der Waals surface area contributed by atoms with Gasteiger partial charge in [-0.3, -0.25) is 14.4 Å². The van der Waals surface area contributed by atoms with Crippen LogP contribution in [0, 0.1) is 23.7 Å². The van der Waals surface area contributed by atoms with Crippen LogP contribution >= 0.6 is 46.3 Å². The first kappa shape index (κ1) is 22.1. The number of carbonyl (C=O) groups is 3. The molecule has 6 nitrogen and oxygen atoms in total. The number of imide groups is 1. The van der Waals surface area contributed by atoms with Crippen molar-refractivity contribution < 1.29 is 14.4 Å². The molecule has 2 aromatic carbocycles. The minimum Gasteiger partial charge on any atom is -0.324 e.